The maximum Gasteiger partial charge on any atom is 0.330 e. The summed E-state index contributed by atoms with van der Waals surface area (Å²) in [7, 11) is 3.52. The topological polar surface area (TPSA) is 70.0 Å². The molecule has 5 heteroatoms. The lowest BCUT2D eigenvalue weighted by atomic mass is 10.2. The SMILES string of the molecule is CC(=CCC(N=C=O)N(C)C)C(=O)O. The zero-order valence-electron chi connectivity index (χ0n) is 8.52. The first kappa shape index (κ1) is 12.6. The normalized spacial score (nSPS) is 13.6. The highest BCUT2D eigenvalue weighted by molar-refractivity contribution is 5.85. The molecule has 78 valence electrons. The minimum absolute atomic E-state index is 0.248. The Morgan fingerprint density at radius 3 is 2.57 bits per heavy atom. The molecule has 5 nitrogen and oxygen atoms in total. The van der Waals surface area contributed by atoms with E-state index in [0.717, 1.165) is 0 Å². The Morgan fingerprint density at radius 2 is 2.21 bits per heavy atom. The van der Waals surface area contributed by atoms with Crippen LogP contribution in [-0.2, 0) is 9.59 Å². The van der Waals surface area contributed by atoms with Crippen molar-refractivity contribution < 1.29 is 14.7 Å². The average Bonchev–Trinajstić information content (AvgIpc) is 2.10. The van der Waals surface area contributed by atoms with Crippen LogP contribution in [0.5, 0.6) is 0 Å². The number of hydrogen-bond donors (Lipinski definition) is 1. The second-order valence-corrected chi connectivity index (χ2v) is 3.09. The molecule has 0 spiro atoms. The maximum atomic E-state index is 10.4. The Hall–Kier alpha value is -1.45. The molecule has 0 amide bonds. The van der Waals surface area contributed by atoms with Gasteiger partial charge in [0, 0.05) is 12.0 Å². The van der Waals surface area contributed by atoms with Gasteiger partial charge in [-0.15, -0.1) is 0 Å². The second-order valence-electron chi connectivity index (χ2n) is 3.09. The van der Waals surface area contributed by atoms with E-state index in [1.165, 1.54) is 19.1 Å². The average molecular weight is 198 g/mol. The minimum atomic E-state index is -0.961. The molecule has 1 unspecified atom stereocenters. The summed E-state index contributed by atoms with van der Waals surface area (Å²) in [5.74, 6) is -0.961. The fourth-order valence-electron chi connectivity index (χ4n) is 0.809. The first-order valence-corrected chi connectivity index (χ1v) is 4.12. The number of aliphatic imine (C=N–C) groups is 1. The maximum absolute atomic E-state index is 10.4. The number of carboxylic acids is 1. The van der Waals surface area contributed by atoms with Crippen LogP contribution in [-0.4, -0.2) is 42.3 Å². The predicted molar refractivity (Wildman–Crippen MR) is 51.6 cm³/mol. The molecule has 0 aliphatic carbocycles. The van der Waals surface area contributed by atoms with Crippen molar-refractivity contribution in [1.82, 2.24) is 4.90 Å². The third-order valence-corrected chi connectivity index (χ3v) is 1.77. The molecule has 0 aliphatic rings. The molecule has 0 bridgehead atoms. The molecular formula is C9H14N2O3. The molecule has 0 saturated heterocycles. The molecule has 0 aromatic carbocycles. The van der Waals surface area contributed by atoms with E-state index >= 15 is 0 Å². The van der Waals surface area contributed by atoms with Crippen LogP contribution in [0.15, 0.2) is 16.6 Å². The van der Waals surface area contributed by atoms with Crippen LogP contribution in [0.2, 0.25) is 0 Å². The fraction of sp³-hybridized carbons (Fsp3) is 0.556. The Labute approximate surface area is 82.7 Å². The van der Waals surface area contributed by atoms with Crippen molar-refractivity contribution >= 4 is 12.0 Å². The number of rotatable bonds is 5. The van der Waals surface area contributed by atoms with Crippen LogP contribution in [0.1, 0.15) is 13.3 Å². The van der Waals surface area contributed by atoms with Gasteiger partial charge < -0.3 is 5.11 Å². The van der Waals surface area contributed by atoms with E-state index in [9.17, 15) is 9.59 Å². The van der Waals surface area contributed by atoms with Crippen LogP contribution < -0.4 is 0 Å². The summed E-state index contributed by atoms with van der Waals surface area (Å²) in [5.41, 5.74) is 0.248. The van der Waals surface area contributed by atoms with Crippen molar-refractivity contribution in [3.63, 3.8) is 0 Å². The summed E-state index contributed by atoms with van der Waals surface area (Å²) in [6.45, 7) is 1.50. The summed E-state index contributed by atoms with van der Waals surface area (Å²) in [6, 6.07) is 0. The van der Waals surface area contributed by atoms with Crippen molar-refractivity contribution in [3.05, 3.63) is 11.6 Å². The van der Waals surface area contributed by atoms with Gasteiger partial charge in [-0.05, 0) is 21.0 Å². The smallest absolute Gasteiger partial charge is 0.330 e. The molecule has 1 atom stereocenters. The van der Waals surface area contributed by atoms with Crippen LogP contribution in [0.3, 0.4) is 0 Å². The number of hydrogen-bond acceptors (Lipinski definition) is 4. The summed E-state index contributed by atoms with van der Waals surface area (Å²) in [4.78, 5) is 25.7. The molecule has 0 heterocycles. The van der Waals surface area contributed by atoms with E-state index in [0.29, 0.717) is 6.42 Å². The molecule has 0 rings (SSSR count). The van der Waals surface area contributed by atoms with E-state index in [1.807, 2.05) is 0 Å². The molecular weight excluding hydrogens is 184 g/mol. The quantitative estimate of drug-likeness (QED) is 0.399. The molecule has 0 aromatic rings. The van der Waals surface area contributed by atoms with Gasteiger partial charge in [0.2, 0.25) is 6.08 Å². The molecule has 1 N–H and O–H groups in total. The standard InChI is InChI=1S/C9H14N2O3/c1-7(9(13)14)4-5-8(10-6-12)11(2)3/h4,8H,5H2,1-3H3,(H,13,14). The van der Waals surface area contributed by atoms with Crippen molar-refractivity contribution in [3.8, 4) is 0 Å². The van der Waals surface area contributed by atoms with Gasteiger partial charge >= 0.3 is 5.97 Å². The first-order valence-electron chi connectivity index (χ1n) is 4.12. The number of carbonyl (C=O) groups excluding carboxylic acids is 1. The summed E-state index contributed by atoms with van der Waals surface area (Å²) >= 11 is 0. The highest BCUT2D eigenvalue weighted by atomic mass is 16.4. The molecule has 0 fully saturated rings. The minimum Gasteiger partial charge on any atom is -0.478 e. The van der Waals surface area contributed by atoms with Crippen molar-refractivity contribution in [1.29, 1.82) is 0 Å². The molecule has 0 saturated carbocycles. The summed E-state index contributed by atoms with van der Waals surface area (Å²) in [5, 5.41) is 8.57. The van der Waals surface area contributed by atoms with Gasteiger partial charge in [0.25, 0.3) is 0 Å². The van der Waals surface area contributed by atoms with Gasteiger partial charge in [-0.1, -0.05) is 6.08 Å². The lowest BCUT2D eigenvalue weighted by Gasteiger charge is -2.16. The third kappa shape index (κ3) is 4.54. The lowest BCUT2D eigenvalue weighted by molar-refractivity contribution is -0.132. The Morgan fingerprint density at radius 1 is 1.64 bits per heavy atom. The van der Waals surface area contributed by atoms with Gasteiger partial charge in [0.1, 0.15) is 6.17 Å². The van der Waals surface area contributed by atoms with Gasteiger partial charge in [-0.2, -0.15) is 4.99 Å². The molecule has 0 radical (unpaired) electrons. The van der Waals surface area contributed by atoms with Crippen LogP contribution in [0, 0.1) is 0 Å². The monoisotopic (exact) mass is 198 g/mol. The van der Waals surface area contributed by atoms with E-state index in [1.54, 1.807) is 19.0 Å². The molecule has 0 aromatic heterocycles. The Kier molecular flexibility index (Phi) is 5.44. The van der Waals surface area contributed by atoms with E-state index in [2.05, 4.69) is 4.99 Å². The highest BCUT2D eigenvalue weighted by Crippen LogP contribution is 2.04. The Bertz CT molecular complexity index is 278. The fourth-order valence-corrected chi connectivity index (χ4v) is 0.809. The van der Waals surface area contributed by atoms with E-state index < -0.39 is 5.97 Å². The zero-order chi connectivity index (χ0) is 11.1. The van der Waals surface area contributed by atoms with Gasteiger partial charge in [0.15, 0.2) is 0 Å². The van der Waals surface area contributed by atoms with Gasteiger partial charge in [0.05, 0.1) is 0 Å². The summed E-state index contributed by atoms with van der Waals surface area (Å²) in [6.07, 6.45) is 3.04. The number of isocyanates is 1. The predicted octanol–water partition coefficient (Wildman–Crippen LogP) is 0.631. The van der Waals surface area contributed by atoms with Crippen molar-refractivity contribution in [2.24, 2.45) is 4.99 Å². The summed E-state index contributed by atoms with van der Waals surface area (Å²) < 4.78 is 0. The van der Waals surface area contributed by atoms with E-state index in [4.69, 9.17) is 5.11 Å². The zero-order valence-corrected chi connectivity index (χ0v) is 8.52. The largest absolute Gasteiger partial charge is 0.478 e. The van der Waals surface area contributed by atoms with Gasteiger partial charge in [-0.3, -0.25) is 4.90 Å². The number of nitrogens with zero attached hydrogens (tertiary/aromatic N) is 2. The van der Waals surface area contributed by atoms with Crippen LogP contribution in [0.4, 0.5) is 0 Å². The van der Waals surface area contributed by atoms with Crippen LogP contribution in [0.25, 0.3) is 0 Å². The first-order chi connectivity index (χ1) is 6.49. The Balaban J connectivity index is 4.39. The highest BCUT2D eigenvalue weighted by Gasteiger charge is 2.08. The number of carbonyl (C=O) groups is 1. The van der Waals surface area contributed by atoms with Crippen molar-refractivity contribution in [2.75, 3.05) is 14.1 Å². The number of aliphatic carboxylic acids is 1. The second kappa shape index (κ2) is 6.07. The lowest BCUT2D eigenvalue weighted by Crippen LogP contribution is -2.25. The molecule has 0 aliphatic heterocycles. The van der Waals surface area contributed by atoms with Crippen molar-refractivity contribution in [2.45, 2.75) is 19.5 Å². The van der Waals surface area contributed by atoms with Gasteiger partial charge in [-0.25, -0.2) is 9.59 Å². The van der Waals surface area contributed by atoms with Crippen LogP contribution >= 0.6 is 0 Å². The van der Waals surface area contributed by atoms with E-state index in [-0.39, 0.29) is 11.7 Å². The third-order valence-electron chi connectivity index (χ3n) is 1.77. The number of carboxylic acid groups (broad SMARTS) is 1. The molecule has 14 heavy (non-hydrogen) atoms.